The number of benzene rings is 1. The van der Waals surface area contributed by atoms with Gasteiger partial charge in [0.15, 0.2) is 0 Å². The Morgan fingerprint density at radius 3 is 2.69 bits per heavy atom. The lowest BCUT2D eigenvalue weighted by atomic mass is 9.84. The summed E-state index contributed by atoms with van der Waals surface area (Å²) in [5.41, 5.74) is 0.0553. The molecule has 0 saturated carbocycles. The Kier molecular flexibility index (Phi) is 6.65. The predicted octanol–water partition coefficient (Wildman–Crippen LogP) is 2.79. The van der Waals surface area contributed by atoms with E-state index in [-0.39, 0.29) is 50.2 Å². The Morgan fingerprint density at radius 2 is 2.04 bits per heavy atom. The highest BCUT2D eigenvalue weighted by atomic mass is 19.1. The van der Waals surface area contributed by atoms with Gasteiger partial charge in [-0.3, -0.25) is 9.59 Å². The van der Waals surface area contributed by atoms with E-state index >= 15 is 0 Å². The fourth-order valence-electron chi connectivity index (χ4n) is 3.24. The van der Waals surface area contributed by atoms with Crippen molar-refractivity contribution in [3.05, 3.63) is 35.4 Å². The number of amides is 1. The second-order valence-electron chi connectivity index (χ2n) is 6.24. The van der Waals surface area contributed by atoms with Crippen LogP contribution in [0.4, 0.5) is 13.6 Å². The maximum absolute atomic E-state index is 13.9. The summed E-state index contributed by atoms with van der Waals surface area (Å²) in [6.45, 7) is 1.90. The maximum atomic E-state index is 13.9. The number of carbonyl (C=O) groups is 3. The number of piperidine rings is 1. The molecule has 0 aliphatic carbocycles. The van der Waals surface area contributed by atoms with Crippen LogP contribution in [-0.2, 0) is 20.7 Å². The van der Waals surface area contributed by atoms with Gasteiger partial charge in [-0.1, -0.05) is 0 Å². The van der Waals surface area contributed by atoms with Gasteiger partial charge in [0.2, 0.25) is 0 Å². The van der Waals surface area contributed by atoms with Gasteiger partial charge in [-0.05, 0) is 49.9 Å². The molecule has 1 aromatic rings. The van der Waals surface area contributed by atoms with E-state index in [0.717, 1.165) is 23.1 Å². The molecule has 2 atom stereocenters. The number of hydrogen-bond donors (Lipinski definition) is 1. The van der Waals surface area contributed by atoms with Gasteiger partial charge in [-0.15, -0.1) is 0 Å². The average molecular weight is 369 g/mol. The number of likely N-dealkylation sites (tertiary alicyclic amines) is 1. The molecule has 2 unspecified atom stereocenters. The third kappa shape index (κ3) is 5.00. The molecule has 1 fully saturated rings. The van der Waals surface area contributed by atoms with Gasteiger partial charge in [-0.2, -0.15) is 0 Å². The van der Waals surface area contributed by atoms with Crippen LogP contribution in [0.15, 0.2) is 18.2 Å². The van der Waals surface area contributed by atoms with E-state index in [2.05, 4.69) is 0 Å². The number of hydrogen-bond acceptors (Lipinski definition) is 4. The van der Waals surface area contributed by atoms with Crippen LogP contribution >= 0.6 is 0 Å². The van der Waals surface area contributed by atoms with Crippen molar-refractivity contribution in [2.24, 2.45) is 5.92 Å². The maximum Gasteiger partial charge on any atom is 0.407 e. The standard InChI is InChI=1S/C18H21F2NO5/c1-2-26-17(23)10-16(22)11-5-6-21(18(24)25)14(8-11)9-12-7-13(19)3-4-15(12)20/h3-4,7,11,14H,2,5-6,8-10H2,1H3,(H,24,25). The SMILES string of the molecule is CCOC(=O)CC(=O)C1CCN(C(=O)O)C(Cc2cc(F)ccc2F)C1. The lowest BCUT2D eigenvalue weighted by Crippen LogP contribution is -2.48. The van der Waals surface area contributed by atoms with Crippen LogP contribution in [-0.4, -0.2) is 47.0 Å². The number of Topliss-reactive ketones (excluding diaryl/α,β-unsaturated/α-hetero) is 1. The molecule has 1 amide bonds. The molecule has 1 aliphatic rings. The van der Waals surface area contributed by atoms with E-state index in [4.69, 9.17) is 4.74 Å². The Balaban J connectivity index is 2.12. The van der Waals surface area contributed by atoms with E-state index in [9.17, 15) is 28.3 Å². The number of halogens is 2. The van der Waals surface area contributed by atoms with Crippen LogP contribution in [0.2, 0.25) is 0 Å². The van der Waals surface area contributed by atoms with Crippen molar-refractivity contribution in [1.29, 1.82) is 0 Å². The lowest BCUT2D eigenvalue weighted by molar-refractivity contribution is -0.146. The molecule has 0 bridgehead atoms. The van der Waals surface area contributed by atoms with Gasteiger partial charge in [0.25, 0.3) is 0 Å². The van der Waals surface area contributed by atoms with Gasteiger partial charge >= 0.3 is 12.1 Å². The van der Waals surface area contributed by atoms with Crippen molar-refractivity contribution in [2.75, 3.05) is 13.2 Å². The summed E-state index contributed by atoms with van der Waals surface area (Å²) in [6.07, 6.45) is -1.15. The molecular weight excluding hydrogens is 348 g/mol. The first-order valence-electron chi connectivity index (χ1n) is 8.43. The molecule has 1 saturated heterocycles. The van der Waals surface area contributed by atoms with Gasteiger partial charge in [-0.25, -0.2) is 13.6 Å². The molecule has 1 aromatic carbocycles. The highest BCUT2D eigenvalue weighted by Crippen LogP contribution is 2.28. The summed E-state index contributed by atoms with van der Waals surface area (Å²) < 4.78 is 32.0. The van der Waals surface area contributed by atoms with E-state index < -0.39 is 35.7 Å². The third-order valence-corrected chi connectivity index (χ3v) is 4.50. The van der Waals surface area contributed by atoms with E-state index in [1.165, 1.54) is 0 Å². The smallest absolute Gasteiger partial charge is 0.407 e. The van der Waals surface area contributed by atoms with Crippen LogP contribution in [0.25, 0.3) is 0 Å². The average Bonchev–Trinajstić information content (AvgIpc) is 2.58. The van der Waals surface area contributed by atoms with Crippen molar-refractivity contribution >= 4 is 17.8 Å². The van der Waals surface area contributed by atoms with Crippen LogP contribution < -0.4 is 0 Å². The Bertz CT molecular complexity index is 694. The molecule has 1 heterocycles. The summed E-state index contributed by atoms with van der Waals surface area (Å²) >= 11 is 0. The first-order chi connectivity index (χ1) is 12.3. The highest BCUT2D eigenvalue weighted by molar-refractivity contribution is 5.96. The summed E-state index contributed by atoms with van der Waals surface area (Å²) in [5, 5.41) is 9.35. The third-order valence-electron chi connectivity index (χ3n) is 4.50. The molecular formula is C18H21F2NO5. The summed E-state index contributed by atoms with van der Waals surface area (Å²) in [6, 6.07) is 2.33. The number of nitrogens with zero attached hydrogens (tertiary/aromatic N) is 1. The largest absolute Gasteiger partial charge is 0.466 e. The Hall–Kier alpha value is -2.51. The Labute approximate surface area is 149 Å². The molecule has 0 aromatic heterocycles. The number of rotatable bonds is 6. The zero-order chi connectivity index (χ0) is 19.3. The van der Waals surface area contributed by atoms with Crippen LogP contribution in [0.3, 0.4) is 0 Å². The number of ether oxygens (including phenoxy) is 1. The molecule has 0 spiro atoms. The zero-order valence-electron chi connectivity index (χ0n) is 14.4. The topological polar surface area (TPSA) is 83.9 Å². The zero-order valence-corrected chi connectivity index (χ0v) is 14.4. The van der Waals surface area contributed by atoms with Crippen molar-refractivity contribution in [3.63, 3.8) is 0 Å². The number of esters is 1. The minimum absolute atomic E-state index is 0.0426. The molecule has 1 aliphatic heterocycles. The van der Waals surface area contributed by atoms with Gasteiger partial charge < -0.3 is 14.7 Å². The van der Waals surface area contributed by atoms with Crippen molar-refractivity contribution in [2.45, 2.75) is 38.6 Å². The van der Waals surface area contributed by atoms with Crippen LogP contribution in [0.1, 0.15) is 31.7 Å². The first kappa shape index (κ1) is 19.8. The quantitative estimate of drug-likeness (QED) is 0.616. The fourth-order valence-corrected chi connectivity index (χ4v) is 3.24. The highest BCUT2D eigenvalue weighted by Gasteiger charge is 2.35. The summed E-state index contributed by atoms with van der Waals surface area (Å²) in [7, 11) is 0. The fraction of sp³-hybridized carbons (Fsp3) is 0.500. The summed E-state index contributed by atoms with van der Waals surface area (Å²) in [5.74, 6) is -2.70. The second-order valence-corrected chi connectivity index (χ2v) is 6.24. The first-order valence-corrected chi connectivity index (χ1v) is 8.43. The molecule has 142 valence electrons. The van der Waals surface area contributed by atoms with E-state index in [1.807, 2.05) is 0 Å². The van der Waals surface area contributed by atoms with Crippen molar-refractivity contribution in [1.82, 2.24) is 4.90 Å². The van der Waals surface area contributed by atoms with Gasteiger partial charge in [0.1, 0.15) is 23.8 Å². The molecule has 26 heavy (non-hydrogen) atoms. The lowest BCUT2D eigenvalue weighted by Gasteiger charge is -2.37. The molecule has 8 heteroatoms. The van der Waals surface area contributed by atoms with Crippen molar-refractivity contribution in [3.8, 4) is 0 Å². The minimum Gasteiger partial charge on any atom is -0.466 e. The summed E-state index contributed by atoms with van der Waals surface area (Å²) in [4.78, 5) is 36.3. The molecule has 1 N–H and O–H groups in total. The predicted molar refractivity (Wildman–Crippen MR) is 87.6 cm³/mol. The monoisotopic (exact) mass is 369 g/mol. The van der Waals surface area contributed by atoms with Gasteiger partial charge in [0.05, 0.1) is 6.61 Å². The van der Waals surface area contributed by atoms with E-state index in [1.54, 1.807) is 6.92 Å². The molecule has 2 rings (SSSR count). The van der Waals surface area contributed by atoms with Crippen molar-refractivity contribution < 1.29 is 33.0 Å². The molecule has 6 nitrogen and oxygen atoms in total. The number of carbonyl (C=O) groups excluding carboxylic acids is 2. The normalized spacial score (nSPS) is 19.9. The number of carboxylic acid groups (broad SMARTS) is 1. The second kappa shape index (κ2) is 8.73. The molecule has 0 radical (unpaired) electrons. The minimum atomic E-state index is -1.18. The van der Waals surface area contributed by atoms with Crippen LogP contribution in [0.5, 0.6) is 0 Å². The Morgan fingerprint density at radius 1 is 1.31 bits per heavy atom. The van der Waals surface area contributed by atoms with Crippen LogP contribution in [0, 0.1) is 17.6 Å². The van der Waals surface area contributed by atoms with E-state index in [0.29, 0.717) is 0 Å². The number of ketones is 1. The van der Waals surface area contributed by atoms with Gasteiger partial charge in [0, 0.05) is 18.5 Å².